The summed E-state index contributed by atoms with van der Waals surface area (Å²) in [4.78, 5) is 4.36. The summed E-state index contributed by atoms with van der Waals surface area (Å²) in [6, 6.07) is 9.04. The predicted molar refractivity (Wildman–Crippen MR) is 137 cm³/mol. The summed E-state index contributed by atoms with van der Waals surface area (Å²) < 4.78 is 7.29. The summed E-state index contributed by atoms with van der Waals surface area (Å²) in [6.07, 6.45) is 15.2. The highest BCUT2D eigenvalue weighted by Crippen LogP contribution is 2.69. The number of ether oxygens (including phenoxy) is 1. The number of fused-ring (bicyclic) bond motifs is 2. The Balaban J connectivity index is 1.28. The van der Waals surface area contributed by atoms with Crippen molar-refractivity contribution in [3.8, 4) is 0 Å². The largest absolute Gasteiger partial charge is 0.390 e. The van der Waals surface area contributed by atoms with Gasteiger partial charge in [0.05, 0.1) is 17.3 Å². The third-order valence-corrected chi connectivity index (χ3v) is 10.7. The summed E-state index contributed by atoms with van der Waals surface area (Å²) in [6.45, 7) is 4.66. The van der Waals surface area contributed by atoms with Crippen LogP contribution in [0.3, 0.4) is 0 Å². The highest BCUT2D eigenvalue weighted by atomic mass is 16.5. The fourth-order valence-electron chi connectivity index (χ4n) is 9.07. The van der Waals surface area contributed by atoms with Crippen molar-refractivity contribution in [2.75, 3.05) is 0 Å². The molecule has 2 saturated carbocycles. The number of pyridine rings is 1. The number of aliphatic hydroxyl groups is 2. The predicted octanol–water partition coefficient (Wildman–Crippen LogP) is 5.83. The molecule has 2 bridgehead atoms. The second-order valence-corrected chi connectivity index (χ2v) is 12.3. The molecule has 0 amide bonds. The fourth-order valence-corrected chi connectivity index (χ4v) is 9.07. The van der Waals surface area contributed by atoms with Crippen LogP contribution in [-0.2, 0) is 4.74 Å². The minimum absolute atomic E-state index is 0.102. The monoisotopic (exact) mass is 471 g/mol. The van der Waals surface area contributed by atoms with E-state index in [0.29, 0.717) is 11.8 Å². The fraction of sp³-hybridized carbons (Fsp3) is 0.581. The summed E-state index contributed by atoms with van der Waals surface area (Å²) in [5.41, 5.74) is 3.14. The molecule has 8 unspecified atom stereocenters. The lowest BCUT2D eigenvalue weighted by Crippen LogP contribution is -2.58. The van der Waals surface area contributed by atoms with Gasteiger partial charge in [-0.15, -0.1) is 0 Å². The average Bonchev–Trinajstić information content (AvgIpc) is 3.38. The van der Waals surface area contributed by atoms with Crippen LogP contribution in [0, 0.1) is 17.3 Å². The highest BCUT2D eigenvalue weighted by molar-refractivity contribution is 5.82. The molecule has 4 heteroatoms. The minimum Gasteiger partial charge on any atom is -0.390 e. The van der Waals surface area contributed by atoms with Crippen LogP contribution in [0.5, 0.6) is 0 Å². The Morgan fingerprint density at radius 2 is 2.00 bits per heavy atom. The van der Waals surface area contributed by atoms with Gasteiger partial charge in [0.1, 0.15) is 6.10 Å². The number of hydrogen-bond donors (Lipinski definition) is 2. The quantitative estimate of drug-likeness (QED) is 0.591. The van der Waals surface area contributed by atoms with Crippen LogP contribution in [0.25, 0.3) is 10.8 Å². The molecule has 35 heavy (non-hydrogen) atoms. The van der Waals surface area contributed by atoms with Crippen molar-refractivity contribution in [1.82, 2.24) is 4.98 Å². The van der Waals surface area contributed by atoms with Crippen molar-refractivity contribution in [2.24, 2.45) is 17.3 Å². The molecule has 2 aliphatic heterocycles. The van der Waals surface area contributed by atoms with Crippen molar-refractivity contribution in [3.05, 3.63) is 65.5 Å². The van der Waals surface area contributed by atoms with Gasteiger partial charge < -0.3 is 14.9 Å². The van der Waals surface area contributed by atoms with Crippen molar-refractivity contribution in [3.63, 3.8) is 0 Å². The number of hydrogen-bond acceptors (Lipinski definition) is 4. The van der Waals surface area contributed by atoms with E-state index in [1.165, 1.54) is 34.8 Å². The number of aliphatic hydroxyl groups excluding tert-OH is 2. The lowest BCUT2D eigenvalue weighted by atomic mass is 9.58. The molecule has 1 saturated heterocycles. The molecular formula is C31H37NO3. The van der Waals surface area contributed by atoms with E-state index in [9.17, 15) is 10.2 Å². The molecule has 4 nitrogen and oxygen atoms in total. The Morgan fingerprint density at radius 1 is 1.11 bits per heavy atom. The third-order valence-electron chi connectivity index (χ3n) is 10.7. The van der Waals surface area contributed by atoms with Gasteiger partial charge in [-0.2, -0.15) is 0 Å². The van der Waals surface area contributed by atoms with Crippen LogP contribution >= 0.6 is 0 Å². The first-order chi connectivity index (χ1) is 16.9. The normalized spacial score (nSPS) is 43.8. The summed E-state index contributed by atoms with van der Waals surface area (Å²) in [5.74, 6) is 1.07. The average molecular weight is 472 g/mol. The molecule has 1 aromatic heterocycles. The van der Waals surface area contributed by atoms with E-state index < -0.39 is 17.8 Å². The molecule has 3 fully saturated rings. The van der Waals surface area contributed by atoms with E-state index >= 15 is 0 Å². The van der Waals surface area contributed by atoms with E-state index in [4.69, 9.17) is 4.74 Å². The van der Waals surface area contributed by atoms with Crippen molar-refractivity contribution >= 4 is 10.8 Å². The van der Waals surface area contributed by atoms with E-state index in [-0.39, 0.29) is 16.9 Å². The van der Waals surface area contributed by atoms with Crippen LogP contribution in [-0.4, -0.2) is 38.6 Å². The second-order valence-electron chi connectivity index (χ2n) is 12.3. The van der Waals surface area contributed by atoms with E-state index in [2.05, 4.69) is 55.2 Å². The third kappa shape index (κ3) is 2.88. The van der Waals surface area contributed by atoms with Crippen LogP contribution < -0.4 is 0 Å². The van der Waals surface area contributed by atoms with Gasteiger partial charge in [0, 0.05) is 17.8 Å². The molecule has 3 heterocycles. The molecule has 2 spiro atoms. The van der Waals surface area contributed by atoms with Gasteiger partial charge in [0.15, 0.2) is 0 Å². The van der Waals surface area contributed by atoms with E-state index in [1.54, 1.807) is 0 Å². The highest BCUT2D eigenvalue weighted by Gasteiger charge is 2.68. The van der Waals surface area contributed by atoms with Crippen LogP contribution in [0.4, 0.5) is 0 Å². The molecule has 5 aliphatic rings. The number of benzene rings is 1. The van der Waals surface area contributed by atoms with Gasteiger partial charge in [0.2, 0.25) is 0 Å². The zero-order chi connectivity index (χ0) is 24.0. The molecule has 2 aromatic rings. The number of nitrogens with zero attached hydrogens (tertiary/aromatic N) is 1. The maximum atomic E-state index is 11.2. The first-order valence-electron chi connectivity index (χ1n) is 13.7. The van der Waals surface area contributed by atoms with E-state index in [0.717, 1.165) is 44.1 Å². The molecule has 0 radical (unpaired) electrons. The Kier molecular flexibility index (Phi) is 4.76. The Hall–Kier alpha value is -2.01. The lowest BCUT2D eigenvalue weighted by Gasteiger charge is -2.55. The van der Waals surface area contributed by atoms with Crippen LogP contribution in [0.15, 0.2) is 60.0 Å². The summed E-state index contributed by atoms with van der Waals surface area (Å²) >= 11 is 0. The van der Waals surface area contributed by atoms with Gasteiger partial charge in [-0.1, -0.05) is 44.6 Å². The van der Waals surface area contributed by atoms with Crippen LogP contribution in [0.2, 0.25) is 0 Å². The smallest absolute Gasteiger partial charge is 0.104 e. The van der Waals surface area contributed by atoms with Crippen LogP contribution in [0.1, 0.15) is 76.7 Å². The molecule has 3 aliphatic carbocycles. The van der Waals surface area contributed by atoms with Crippen molar-refractivity contribution in [1.29, 1.82) is 0 Å². The number of allylic oxidation sites excluding steroid dienone is 1. The second kappa shape index (κ2) is 7.50. The zero-order valence-electron chi connectivity index (χ0n) is 20.9. The molecule has 8 atom stereocenters. The van der Waals surface area contributed by atoms with Gasteiger partial charge in [-0.25, -0.2) is 0 Å². The Morgan fingerprint density at radius 3 is 2.86 bits per heavy atom. The molecule has 1 aromatic carbocycles. The Bertz CT molecular complexity index is 1250. The van der Waals surface area contributed by atoms with Crippen molar-refractivity contribution < 1.29 is 14.9 Å². The molecule has 2 N–H and O–H groups in total. The lowest BCUT2D eigenvalue weighted by molar-refractivity contribution is -0.165. The maximum absolute atomic E-state index is 11.2. The maximum Gasteiger partial charge on any atom is 0.104 e. The van der Waals surface area contributed by atoms with E-state index in [1.807, 2.05) is 12.4 Å². The zero-order valence-corrected chi connectivity index (χ0v) is 20.9. The summed E-state index contributed by atoms with van der Waals surface area (Å²) in [5, 5.41) is 24.5. The molecule has 184 valence electrons. The molecule has 7 rings (SSSR count). The first-order valence-corrected chi connectivity index (χ1v) is 13.7. The number of aromatic nitrogens is 1. The minimum atomic E-state index is -0.812. The Labute approximate surface area is 208 Å². The SMILES string of the molecule is CCCC1CC23CCC4(O2)C(=CCC2(C)C(c5ccc6ccncc6c5)CCC42)C=C3C(O)C1O. The standard InChI is InChI=1S/C31H37NO3/c1-3-4-21-17-30-12-13-31(35-30)23(16-25(30)28(34)27(21)33)9-11-29(2)24(7-8-26(29)31)20-6-5-19-10-14-32-18-22(19)15-20/h5-6,9-10,14-16,18,21,24,26-28,33-34H,3-4,7-8,11-13,17H2,1-2H3. The van der Waals surface area contributed by atoms with Gasteiger partial charge in [0.25, 0.3) is 0 Å². The van der Waals surface area contributed by atoms with Crippen molar-refractivity contribution in [2.45, 2.75) is 94.5 Å². The molecular weight excluding hydrogens is 434 g/mol. The van der Waals surface area contributed by atoms with Gasteiger partial charge >= 0.3 is 0 Å². The topological polar surface area (TPSA) is 62.6 Å². The van der Waals surface area contributed by atoms with Gasteiger partial charge in [-0.3, -0.25) is 4.98 Å². The first kappa shape index (κ1) is 22.2. The summed E-state index contributed by atoms with van der Waals surface area (Å²) in [7, 11) is 0. The number of rotatable bonds is 3. The van der Waals surface area contributed by atoms with Gasteiger partial charge in [-0.05, 0) is 102 Å².